The first-order valence-electron chi connectivity index (χ1n) is 11.6. The van der Waals surface area contributed by atoms with Crippen LogP contribution in [0.15, 0.2) is 77.7 Å². The van der Waals surface area contributed by atoms with Crippen molar-refractivity contribution >= 4 is 45.0 Å². The third kappa shape index (κ3) is 6.82. The van der Waals surface area contributed by atoms with Gasteiger partial charge in [-0.1, -0.05) is 36.4 Å². The van der Waals surface area contributed by atoms with Crippen LogP contribution < -0.4 is 15.4 Å². The van der Waals surface area contributed by atoms with Gasteiger partial charge in [-0.25, -0.2) is 9.71 Å². The number of anilines is 1. The number of nitrogens with two attached hydrogens (primary N) is 1. The highest BCUT2D eigenvalue weighted by atomic mass is 32.2. The monoisotopic (exact) mass is 504 g/mol. The van der Waals surface area contributed by atoms with Gasteiger partial charge in [-0.15, -0.1) is 11.3 Å². The molecule has 1 heterocycles. The predicted octanol–water partition coefficient (Wildman–Crippen LogP) is 5.16. The van der Waals surface area contributed by atoms with Crippen molar-refractivity contribution in [3.8, 4) is 0 Å². The van der Waals surface area contributed by atoms with Gasteiger partial charge in [0.25, 0.3) is 0 Å². The molecular formula is C27H32N6S2. The van der Waals surface area contributed by atoms with Gasteiger partial charge in [0.2, 0.25) is 0 Å². The lowest BCUT2D eigenvalue weighted by Gasteiger charge is -2.22. The van der Waals surface area contributed by atoms with Crippen molar-refractivity contribution in [2.75, 3.05) is 39.1 Å². The predicted molar refractivity (Wildman–Crippen MR) is 151 cm³/mol. The first-order valence-corrected chi connectivity index (χ1v) is 13.2. The summed E-state index contributed by atoms with van der Waals surface area (Å²) >= 11 is 3.35. The van der Waals surface area contributed by atoms with Gasteiger partial charge < -0.3 is 15.5 Å². The van der Waals surface area contributed by atoms with Crippen LogP contribution in [0.2, 0.25) is 0 Å². The van der Waals surface area contributed by atoms with Crippen LogP contribution in [-0.2, 0) is 6.42 Å². The average molecular weight is 505 g/mol. The third-order valence-corrected chi connectivity index (χ3v) is 7.79. The molecule has 0 spiro atoms. The van der Waals surface area contributed by atoms with E-state index in [4.69, 9.17) is 16.1 Å². The second-order valence-electron chi connectivity index (χ2n) is 8.83. The highest BCUT2D eigenvalue weighted by Gasteiger charge is 2.18. The second-order valence-corrected chi connectivity index (χ2v) is 10.8. The molecule has 4 aromatic rings. The zero-order chi connectivity index (χ0) is 24.8. The van der Waals surface area contributed by atoms with Crippen LogP contribution in [-0.4, -0.2) is 50.0 Å². The van der Waals surface area contributed by atoms with E-state index in [1.165, 1.54) is 10.4 Å². The molecule has 1 atom stereocenters. The highest BCUT2D eigenvalue weighted by molar-refractivity contribution is 7.97. The number of nitrogen functional groups attached to an aromatic ring is 1. The van der Waals surface area contributed by atoms with E-state index < -0.39 is 0 Å². The van der Waals surface area contributed by atoms with Gasteiger partial charge >= 0.3 is 0 Å². The molecule has 0 bridgehead atoms. The fraction of sp³-hybridized carbons (Fsp3) is 0.259. The van der Waals surface area contributed by atoms with Gasteiger partial charge in [0, 0.05) is 36.3 Å². The lowest BCUT2D eigenvalue weighted by Crippen LogP contribution is -2.28. The quantitative estimate of drug-likeness (QED) is 0.149. The molecule has 1 unspecified atom stereocenters. The Bertz CT molecular complexity index is 1250. The maximum absolute atomic E-state index is 7.79. The van der Waals surface area contributed by atoms with Crippen LogP contribution in [0, 0.1) is 5.41 Å². The van der Waals surface area contributed by atoms with Crippen LogP contribution >= 0.6 is 23.3 Å². The number of hydrogen-bond acceptors (Lipinski definition) is 7. The maximum atomic E-state index is 7.79. The smallest absolute Gasteiger partial charge is 0.122 e. The average Bonchev–Trinajstić information content (AvgIpc) is 3.29. The third-order valence-electron chi connectivity index (χ3n) is 5.75. The van der Waals surface area contributed by atoms with Crippen molar-refractivity contribution in [3.05, 3.63) is 88.9 Å². The van der Waals surface area contributed by atoms with Crippen LogP contribution in [0.4, 0.5) is 5.69 Å². The lowest BCUT2D eigenvalue weighted by atomic mass is 10.0. The van der Waals surface area contributed by atoms with E-state index in [0.29, 0.717) is 0 Å². The van der Waals surface area contributed by atoms with E-state index in [1.807, 2.05) is 24.3 Å². The Kier molecular flexibility index (Phi) is 8.41. The number of para-hydroxylation sites is 1. The van der Waals surface area contributed by atoms with Crippen molar-refractivity contribution < 1.29 is 0 Å². The summed E-state index contributed by atoms with van der Waals surface area (Å²) in [5.74, 6) is 0.0842. The lowest BCUT2D eigenvalue weighted by molar-refractivity contribution is 0.416. The molecule has 0 fully saturated rings. The highest BCUT2D eigenvalue weighted by Crippen LogP contribution is 2.31. The summed E-state index contributed by atoms with van der Waals surface area (Å²) < 4.78 is 4.86. The summed E-state index contributed by atoms with van der Waals surface area (Å²) in [6, 6.07) is 24.8. The Morgan fingerprint density at radius 1 is 1.03 bits per heavy atom. The standard InChI is InChI=1S/C27H32N6S2/c1-32(2)14-15-33(3)21-10-7-11-22(18-21)35-31-24(17-19-8-6-9-20(16-19)26(28)29)27-30-23-12-4-5-13-25(23)34-27/h4-13,16,18,24,31H,14-15,17H2,1-3H3,(H3,28,29). The Labute approximate surface area is 215 Å². The summed E-state index contributed by atoms with van der Waals surface area (Å²) in [6.45, 7) is 1.97. The number of nitrogens with zero attached hydrogens (tertiary/aromatic N) is 3. The van der Waals surface area contributed by atoms with E-state index in [0.717, 1.165) is 46.1 Å². The molecular weight excluding hydrogens is 472 g/mol. The van der Waals surface area contributed by atoms with Crippen LogP contribution in [0.25, 0.3) is 10.2 Å². The normalized spacial score (nSPS) is 12.2. The molecule has 1 aromatic heterocycles. The fourth-order valence-corrected chi connectivity index (χ4v) is 5.62. The largest absolute Gasteiger partial charge is 0.384 e. The minimum atomic E-state index is 0.00901. The van der Waals surface area contributed by atoms with E-state index >= 15 is 0 Å². The number of benzene rings is 3. The molecule has 0 aliphatic carbocycles. The molecule has 4 rings (SSSR count). The summed E-state index contributed by atoms with van der Waals surface area (Å²) in [6.07, 6.45) is 0.746. The molecule has 0 saturated carbocycles. The number of fused-ring (bicyclic) bond motifs is 1. The van der Waals surface area contributed by atoms with Gasteiger partial charge in [-0.05, 0) is 74.4 Å². The Morgan fingerprint density at radius 2 is 1.83 bits per heavy atom. The van der Waals surface area contributed by atoms with Gasteiger partial charge in [0.05, 0.1) is 16.3 Å². The minimum Gasteiger partial charge on any atom is -0.384 e. The molecule has 8 heteroatoms. The maximum Gasteiger partial charge on any atom is 0.122 e. The first-order chi connectivity index (χ1) is 16.9. The molecule has 35 heavy (non-hydrogen) atoms. The van der Waals surface area contributed by atoms with E-state index in [2.05, 4.69) is 84.2 Å². The molecule has 6 nitrogen and oxygen atoms in total. The summed E-state index contributed by atoms with van der Waals surface area (Å²) in [7, 11) is 6.32. The number of hydrogen-bond donors (Lipinski definition) is 3. The Hall–Kier alpha value is -2.91. The zero-order valence-corrected chi connectivity index (χ0v) is 22.0. The van der Waals surface area contributed by atoms with E-state index in [1.54, 1.807) is 23.3 Å². The molecule has 4 N–H and O–H groups in total. The van der Waals surface area contributed by atoms with Crippen molar-refractivity contribution in [2.24, 2.45) is 5.73 Å². The van der Waals surface area contributed by atoms with Crippen molar-refractivity contribution in [1.82, 2.24) is 14.6 Å². The van der Waals surface area contributed by atoms with Crippen molar-refractivity contribution in [2.45, 2.75) is 17.4 Å². The van der Waals surface area contributed by atoms with Gasteiger partial charge in [-0.2, -0.15) is 0 Å². The first kappa shape index (κ1) is 25.2. The topological polar surface area (TPSA) is 81.3 Å². The van der Waals surface area contributed by atoms with E-state index in [9.17, 15) is 0 Å². The van der Waals surface area contributed by atoms with Crippen LogP contribution in [0.5, 0.6) is 0 Å². The van der Waals surface area contributed by atoms with Crippen molar-refractivity contribution in [3.63, 3.8) is 0 Å². The number of thiazole rings is 1. The second kappa shape index (κ2) is 11.7. The number of aromatic nitrogens is 1. The molecule has 0 saturated heterocycles. The Balaban J connectivity index is 1.55. The Morgan fingerprint density at radius 3 is 2.60 bits per heavy atom. The summed E-state index contributed by atoms with van der Waals surface area (Å²) in [5.41, 5.74) is 9.81. The number of amidine groups is 1. The molecule has 0 radical (unpaired) electrons. The summed E-state index contributed by atoms with van der Waals surface area (Å²) in [5, 5.41) is 8.84. The molecule has 182 valence electrons. The van der Waals surface area contributed by atoms with Gasteiger partial charge in [-0.3, -0.25) is 5.41 Å². The fourth-order valence-electron chi connectivity index (χ4n) is 3.72. The summed E-state index contributed by atoms with van der Waals surface area (Å²) in [4.78, 5) is 10.6. The number of rotatable bonds is 11. The molecule has 0 aliphatic rings. The van der Waals surface area contributed by atoms with Gasteiger partial charge in [0.1, 0.15) is 10.8 Å². The van der Waals surface area contributed by atoms with Crippen molar-refractivity contribution in [1.29, 1.82) is 5.41 Å². The van der Waals surface area contributed by atoms with Gasteiger partial charge in [0.15, 0.2) is 0 Å². The molecule has 3 aromatic carbocycles. The minimum absolute atomic E-state index is 0.00901. The zero-order valence-electron chi connectivity index (χ0n) is 20.4. The van der Waals surface area contributed by atoms with Crippen LogP contribution in [0.3, 0.4) is 0 Å². The van der Waals surface area contributed by atoms with E-state index in [-0.39, 0.29) is 11.9 Å². The molecule has 0 amide bonds. The number of likely N-dealkylation sites (N-methyl/N-ethyl adjacent to an activating group) is 2. The number of nitrogens with one attached hydrogen (secondary N) is 2. The molecule has 0 aliphatic heterocycles. The van der Waals surface area contributed by atoms with Crippen LogP contribution in [0.1, 0.15) is 22.2 Å². The SMILES string of the molecule is CN(C)CCN(C)c1cccc(SNC(Cc2cccc(C(=N)N)c2)c2nc3ccccc3s2)c1.